The maximum Gasteiger partial charge on any atom is 0.320 e. The number of aliphatic hydroxyl groups excluding tert-OH is 1. The standard InChI is InChI=1S/C34H44N10O3/c1-34(2,3)29(35)19-30(37-23-20-36-43(21-23)17-18-45)39-32(46)38-27-12-13-28(26-10-6-5-9-25(26)27)47-24-11-14-31-40-41-33(44(31)22-24)42-15-7-4-8-16-42/h5-6,9-11,14,19-22,27-28,45H,4,7-8,12-13,15-18,35H2,1-3H3,(H2,37,38,39,46)/t27-,28+/m0/s1. The molecule has 2 atom stereocenters. The molecule has 248 valence electrons. The Balaban J connectivity index is 1.18. The number of ether oxygens (including phenoxy) is 1. The number of rotatable bonds is 8. The molecule has 1 aliphatic carbocycles. The van der Waals surface area contributed by atoms with Gasteiger partial charge in [0.1, 0.15) is 23.4 Å². The van der Waals surface area contributed by atoms with Crippen LogP contribution in [0.5, 0.6) is 5.75 Å². The van der Waals surface area contributed by atoms with Crippen LogP contribution in [-0.2, 0) is 6.54 Å². The van der Waals surface area contributed by atoms with Crippen molar-refractivity contribution in [2.45, 2.75) is 71.6 Å². The van der Waals surface area contributed by atoms with Crippen LogP contribution >= 0.6 is 0 Å². The fourth-order valence-corrected chi connectivity index (χ4v) is 5.97. The SMILES string of the molecule is CC(C)(C)C(N)=CC(=Nc1cnn(CCO)c1)NC(=O)N[C@H]1CC[C@@H](Oc2ccc3nnc(N4CCCCC4)n3c2)c2ccccc21. The predicted octanol–water partition coefficient (Wildman–Crippen LogP) is 4.78. The summed E-state index contributed by atoms with van der Waals surface area (Å²) in [5.74, 6) is 1.88. The number of fused-ring (bicyclic) bond motifs is 2. The molecule has 1 fully saturated rings. The van der Waals surface area contributed by atoms with Crippen LogP contribution in [0.4, 0.5) is 16.4 Å². The number of nitrogens with two attached hydrogens (primary N) is 1. The summed E-state index contributed by atoms with van der Waals surface area (Å²) >= 11 is 0. The topological polar surface area (TPSA) is 160 Å². The fourth-order valence-electron chi connectivity index (χ4n) is 5.97. The number of pyridine rings is 1. The van der Waals surface area contributed by atoms with Crippen LogP contribution in [0.1, 0.15) is 76.1 Å². The number of urea groups is 1. The molecule has 47 heavy (non-hydrogen) atoms. The smallest absolute Gasteiger partial charge is 0.320 e. The van der Waals surface area contributed by atoms with E-state index in [4.69, 9.17) is 10.5 Å². The molecule has 0 unspecified atom stereocenters. The van der Waals surface area contributed by atoms with Crippen LogP contribution in [0.15, 0.2) is 71.8 Å². The van der Waals surface area contributed by atoms with Gasteiger partial charge in [0.2, 0.25) is 5.95 Å². The zero-order chi connectivity index (χ0) is 33.0. The molecule has 1 saturated heterocycles. The number of nitrogens with zero attached hydrogens (tertiary/aromatic N) is 7. The highest BCUT2D eigenvalue weighted by atomic mass is 16.5. The van der Waals surface area contributed by atoms with Crippen molar-refractivity contribution in [2.75, 3.05) is 24.6 Å². The van der Waals surface area contributed by atoms with Gasteiger partial charge < -0.3 is 25.8 Å². The van der Waals surface area contributed by atoms with E-state index in [1.807, 2.05) is 61.7 Å². The lowest BCUT2D eigenvalue weighted by molar-refractivity contribution is 0.171. The van der Waals surface area contributed by atoms with E-state index in [0.717, 1.165) is 54.4 Å². The zero-order valence-electron chi connectivity index (χ0n) is 27.3. The summed E-state index contributed by atoms with van der Waals surface area (Å²) in [6, 6.07) is 11.3. The predicted molar refractivity (Wildman–Crippen MR) is 181 cm³/mol. The number of anilines is 1. The molecule has 2 aliphatic rings. The lowest BCUT2D eigenvalue weighted by Crippen LogP contribution is -2.42. The fraction of sp³-hybridized carbons (Fsp3) is 0.441. The highest BCUT2D eigenvalue weighted by Gasteiger charge is 2.30. The number of aromatic nitrogens is 5. The summed E-state index contributed by atoms with van der Waals surface area (Å²) < 4.78 is 10.2. The Labute approximate surface area is 274 Å². The van der Waals surface area contributed by atoms with Crippen LogP contribution in [0.2, 0.25) is 0 Å². The van der Waals surface area contributed by atoms with E-state index in [2.05, 4.69) is 41.9 Å². The highest BCUT2D eigenvalue weighted by molar-refractivity contribution is 6.05. The molecule has 4 aromatic rings. The number of carbonyl (C=O) groups excluding carboxylic acids is 1. The maximum absolute atomic E-state index is 13.4. The number of carbonyl (C=O) groups is 1. The molecule has 5 N–H and O–H groups in total. The third-order valence-corrected chi connectivity index (χ3v) is 8.61. The maximum atomic E-state index is 13.4. The number of aliphatic imine (C=N–C) groups is 1. The molecule has 0 spiro atoms. The van der Waals surface area contributed by atoms with Crippen LogP contribution in [0.3, 0.4) is 0 Å². The van der Waals surface area contributed by atoms with Crippen LogP contribution < -0.4 is 26.0 Å². The molecule has 13 nitrogen and oxygen atoms in total. The third-order valence-electron chi connectivity index (χ3n) is 8.61. The van der Waals surface area contributed by atoms with Crippen molar-refractivity contribution in [3.05, 3.63) is 77.9 Å². The monoisotopic (exact) mass is 640 g/mol. The first-order valence-electron chi connectivity index (χ1n) is 16.3. The van der Waals surface area contributed by atoms with Gasteiger partial charge in [-0.15, -0.1) is 10.2 Å². The molecule has 0 bridgehead atoms. The van der Waals surface area contributed by atoms with Gasteiger partial charge in [-0.1, -0.05) is 45.0 Å². The Hall–Kier alpha value is -4.91. The molecular weight excluding hydrogens is 596 g/mol. The molecule has 4 heterocycles. The molecule has 1 aliphatic heterocycles. The number of hydrogen-bond acceptors (Lipinski definition) is 9. The van der Waals surface area contributed by atoms with Gasteiger partial charge in [-0.3, -0.25) is 14.4 Å². The van der Waals surface area contributed by atoms with Gasteiger partial charge in [0, 0.05) is 30.3 Å². The first-order chi connectivity index (χ1) is 22.7. The lowest BCUT2D eigenvalue weighted by Gasteiger charge is -2.32. The van der Waals surface area contributed by atoms with Gasteiger partial charge in [-0.2, -0.15) is 5.10 Å². The second-order valence-corrected chi connectivity index (χ2v) is 13.1. The van der Waals surface area contributed by atoms with E-state index in [1.54, 1.807) is 23.2 Å². The Bertz CT molecular complexity index is 1760. The molecule has 0 saturated carbocycles. The van der Waals surface area contributed by atoms with Crippen molar-refractivity contribution in [1.29, 1.82) is 0 Å². The van der Waals surface area contributed by atoms with Crippen LogP contribution in [-0.4, -0.2) is 61.0 Å². The second-order valence-electron chi connectivity index (χ2n) is 13.1. The van der Waals surface area contributed by atoms with Crippen molar-refractivity contribution in [3.63, 3.8) is 0 Å². The largest absolute Gasteiger partial charge is 0.484 e. The summed E-state index contributed by atoms with van der Waals surface area (Å²) in [5, 5.41) is 28.3. The molecule has 0 radical (unpaired) electrons. The zero-order valence-corrected chi connectivity index (χ0v) is 27.3. The number of hydrogen-bond donors (Lipinski definition) is 4. The molecule has 13 heteroatoms. The first kappa shape index (κ1) is 32.0. The summed E-state index contributed by atoms with van der Waals surface area (Å²) in [6.45, 7) is 8.24. The summed E-state index contributed by atoms with van der Waals surface area (Å²) in [6.07, 6.45) is 11.7. The Morgan fingerprint density at radius 2 is 1.87 bits per heavy atom. The summed E-state index contributed by atoms with van der Waals surface area (Å²) in [5.41, 5.74) is 9.96. The highest BCUT2D eigenvalue weighted by Crippen LogP contribution is 2.39. The van der Waals surface area contributed by atoms with Crippen LogP contribution in [0.25, 0.3) is 5.65 Å². The van der Waals surface area contributed by atoms with Gasteiger partial charge in [0.05, 0.1) is 37.8 Å². The quantitative estimate of drug-likeness (QED) is 0.158. The molecule has 6 rings (SSSR count). The van der Waals surface area contributed by atoms with Crippen molar-refractivity contribution in [2.24, 2.45) is 16.1 Å². The average molecular weight is 641 g/mol. The van der Waals surface area contributed by atoms with Crippen molar-refractivity contribution in [1.82, 2.24) is 35.0 Å². The van der Waals surface area contributed by atoms with E-state index >= 15 is 0 Å². The average Bonchev–Trinajstić information content (AvgIpc) is 3.68. The molecule has 2 amide bonds. The third kappa shape index (κ3) is 7.57. The molecule has 3 aromatic heterocycles. The van der Waals surface area contributed by atoms with Gasteiger partial charge in [0.25, 0.3) is 0 Å². The van der Waals surface area contributed by atoms with Gasteiger partial charge in [-0.25, -0.2) is 9.79 Å². The number of allylic oxidation sites excluding steroid dienone is 1. The van der Waals surface area contributed by atoms with Crippen LogP contribution in [0, 0.1) is 5.41 Å². The lowest BCUT2D eigenvalue weighted by atomic mass is 9.85. The Morgan fingerprint density at radius 1 is 1.09 bits per heavy atom. The molecule has 1 aromatic carbocycles. The first-order valence-corrected chi connectivity index (χ1v) is 16.3. The van der Waals surface area contributed by atoms with Crippen molar-refractivity contribution < 1.29 is 14.6 Å². The van der Waals surface area contributed by atoms with Gasteiger partial charge in [0.15, 0.2) is 5.65 Å². The minimum absolute atomic E-state index is 0.0407. The summed E-state index contributed by atoms with van der Waals surface area (Å²) in [7, 11) is 0. The van der Waals surface area contributed by atoms with E-state index in [1.165, 1.54) is 6.42 Å². The van der Waals surface area contributed by atoms with Gasteiger partial charge >= 0.3 is 6.03 Å². The number of nitrogens with one attached hydrogen (secondary N) is 2. The van der Waals surface area contributed by atoms with E-state index in [0.29, 0.717) is 30.8 Å². The van der Waals surface area contributed by atoms with E-state index < -0.39 is 6.03 Å². The number of amides is 2. The number of aliphatic hydroxyl groups is 1. The Kier molecular flexibility index (Phi) is 9.43. The van der Waals surface area contributed by atoms with E-state index in [9.17, 15) is 9.90 Å². The minimum Gasteiger partial charge on any atom is -0.484 e. The van der Waals surface area contributed by atoms with Crippen molar-refractivity contribution in [3.8, 4) is 5.75 Å². The number of benzene rings is 1. The van der Waals surface area contributed by atoms with Crippen molar-refractivity contribution >= 4 is 29.1 Å². The second kappa shape index (κ2) is 13.8. The molecular formula is C34H44N10O3. The summed E-state index contributed by atoms with van der Waals surface area (Å²) in [4.78, 5) is 20.3. The number of piperidine rings is 1. The normalized spacial score (nSPS) is 19.0. The van der Waals surface area contributed by atoms with E-state index in [-0.39, 0.29) is 30.0 Å². The van der Waals surface area contributed by atoms with Gasteiger partial charge in [-0.05, 0) is 55.4 Å². The Morgan fingerprint density at radius 3 is 2.64 bits per heavy atom. The minimum atomic E-state index is -0.396. The number of amidine groups is 1.